The third-order valence-corrected chi connectivity index (χ3v) is 3.65. The molecular weight excluding hydrogens is 335 g/mol. The van der Waals surface area contributed by atoms with Crippen LogP contribution in [0.2, 0.25) is 0 Å². The SMILES string of the molecule is CC(Br)c1nc2ccccc2c(=O)n1-c1ccc(F)cc1. The average molecular weight is 347 g/mol. The highest BCUT2D eigenvalue weighted by Crippen LogP contribution is 2.23. The molecule has 0 aliphatic rings. The number of rotatable bonds is 2. The number of aromatic nitrogens is 2. The van der Waals surface area contributed by atoms with E-state index < -0.39 is 0 Å². The van der Waals surface area contributed by atoms with Crippen LogP contribution in [0.3, 0.4) is 0 Å². The Balaban J connectivity index is 2.39. The predicted octanol–water partition coefficient (Wildman–Crippen LogP) is 3.98. The minimum atomic E-state index is -0.339. The van der Waals surface area contributed by atoms with Gasteiger partial charge in [0, 0.05) is 0 Å². The van der Waals surface area contributed by atoms with Gasteiger partial charge in [-0.3, -0.25) is 9.36 Å². The molecule has 2 aromatic carbocycles. The minimum Gasteiger partial charge on any atom is -0.268 e. The summed E-state index contributed by atoms with van der Waals surface area (Å²) in [4.78, 5) is 17.2. The third kappa shape index (κ3) is 2.49. The smallest absolute Gasteiger partial charge is 0.265 e. The van der Waals surface area contributed by atoms with Gasteiger partial charge in [-0.2, -0.15) is 0 Å². The molecule has 1 aromatic heterocycles. The number of alkyl halides is 1. The van der Waals surface area contributed by atoms with Crippen molar-refractivity contribution in [2.45, 2.75) is 11.8 Å². The Kier molecular flexibility index (Phi) is 3.59. The van der Waals surface area contributed by atoms with Crippen molar-refractivity contribution in [2.75, 3.05) is 0 Å². The normalized spacial score (nSPS) is 12.5. The second kappa shape index (κ2) is 5.41. The Morgan fingerprint density at radius 1 is 1.14 bits per heavy atom. The van der Waals surface area contributed by atoms with Crippen LogP contribution in [0.4, 0.5) is 4.39 Å². The van der Waals surface area contributed by atoms with Gasteiger partial charge in [0.1, 0.15) is 11.6 Å². The van der Waals surface area contributed by atoms with Gasteiger partial charge in [-0.15, -0.1) is 0 Å². The van der Waals surface area contributed by atoms with Crippen LogP contribution in [0.5, 0.6) is 0 Å². The Labute approximate surface area is 129 Å². The van der Waals surface area contributed by atoms with Crippen molar-refractivity contribution in [3.63, 3.8) is 0 Å². The zero-order valence-electron chi connectivity index (χ0n) is 11.3. The van der Waals surface area contributed by atoms with E-state index in [1.165, 1.54) is 16.7 Å². The van der Waals surface area contributed by atoms with E-state index >= 15 is 0 Å². The van der Waals surface area contributed by atoms with Gasteiger partial charge < -0.3 is 0 Å². The van der Waals surface area contributed by atoms with Gasteiger partial charge in [-0.25, -0.2) is 9.37 Å². The highest BCUT2D eigenvalue weighted by molar-refractivity contribution is 9.09. The lowest BCUT2D eigenvalue weighted by molar-refractivity contribution is 0.627. The van der Waals surface area contributed by atoms with Gasteiger partial charge in [0.25, 0.3) is 5.56 Å². The molecule has 1 unspecified atom stereocenters. The molecule has 1 atom stereocenters. The van der Waals surface area contributed by atoms with Crippen molar-refractivity contribution >= 4 is 26.8 Å². The van der Waals surface area contributed by atoms with Gasteiger partial charge in [-0.1, -0.05) is 28.1 Å². The summed E-state index contributed by atoms with van der Waals surface area (Å²) in [6.07, 6.45) is 0. The van der Waals surface area contributed by atoms with Gasteiger partial charge in [0.15, 0.2) is 0 Å². The Hall–Kier alpha value is -2.01. The van der Waals surface area contributed by atoms with Crippen LogP contribution in [0.1, 0.15) is 17.6 Å². The van der Waals surface area contributed by atoms with Crippen molar-refractivity contribution in [1.82, 2.24) is 9.55 Å². The Morgan fingerprint density at radius 3 is 2.48 bits per heavy atom. The lowest BCUT2D eigenvalue weighted by Gasteiger charge is -2.15. The third-order valence-electron chi connectivity index (χ3n) is 3.24. The van der Waals surface area contributed by atoms with E-state index in [0.29, 0.717) is 22.4 Å². The number of hydrogen-bond donors (Lipinski definition) is 0. The van der Waals surface area contributed by atoms with Crippen LogP contribution >= 0.6 is 15.9 Å². The molecule has 0 aliphatic carbocycles. The molecule has 1 heterocycles. The first-order valence-corrected chi connectivity index (χ1v) is 7.41. The highest BCUT2D eigenvalue weighted by Gasteiger charge is 2.15. The van der Waals surface area contributed by atoms with Crippen LogP contribution in [-0.4, -0.2) is 9.55 Å². The molecule has 3 rings (SSSR count). The summed E-state index contributed by atoms with van der Waals surface area (Å²) in [5.74, 6) is 0.249. The molecule has 0 fully saturated rings. The minimum absolute atomic E-state index is 0.111. The van der Waals surface area contributed by atoms with Crippen molar-refractivity contribution in [3.8, 4) is 5.69 Å². The quantitative estimate of drug-likeness (QED) is 0.658. The molecule has 106 valence electrons. The summed E-state index contributed by atoms with van der Waals surface area (Å²) < 4.78 is 14.6. The monoisotopic (exact) mass is 346 g/mol. The second-order valence-corrected chi connectivity index (χ2v) is 6.09. The summed E-state index contributed by atoms with van der Waals surface area (Å²) in [6.45, 7) is 1.90. The molecule has 0 bridgehead atoms. The van der Waals surface area contributed by atoms with E-state index in [-0.39, 0.29) is 16.2 Å². The molecule has 0 aliphatic heterocycles. The van der Waals surface area contributed by atoms with Crippen molar-refractivity contribution in [1.29, 1.82) is 0 Å². The number of benzene rings is 2. The first-order chi connectivity index (χ1) is 10.1. The average Bonchev–Trinajstić information content (AvgIpc) is 2.48. The molecule has 3 nitrogen and oxygen atoms in total. The zero-order valence-corrected chi connectivity index (χ0v) is 12.8. The summed E-state index contributed by atoms with van der Waals surface area (Å²) in [5.41, 5.74) is 1.09. The van der Waals surface area contributed by atoms with Crippen LogP contribution in [0.15, 0.2) is 53.3 Å². The maximum absolute atomic E-state index is 13.1. The van der Waals surface area contributed by atoms with E-state index in [2.05, 4.69) is 20.9 Å². The molecule has 3 aromatic rings. The number of para-hydroxylation sites is 1. The summed E-state index contributed by atoms with van der Waals surface area (Å²) >= 11 is 3.47. The van der Waals surface area contributed by atoms with E-state index in [1.54, 1.807) is 24.3 Å². The first-order valence-electron chi connectivity index (χ1n) is 6.49. The summed E-state index contributed by atoms with van der Waals surface area (Å²) in [6, 6.07) is 13.0. The predicted molar refractivity (Wildman–Crippen MR) is 84.6 cm³/mol. The van der Waals surface area contributed by atoms with Crippen molar-refractivity contribution in [3.05, 3.63) is 70.5 Å². The number of hydrogen-bond acceptors (Lipinski definition) is 2. The van der Waals surface area contributed by atoms with Crippen LogP contribution in [-0.2, 0) is 0 Å². The summed E-state index contributed by atoms with van der Waals surface area (Å²) in [7, 11) is 0. The highest BCUT2D eigenvalue weighted by atomic mass is 79.9. The largest absolute Gasteiger partial charge is 0.268 e. The first kappa shape index (κ1) is 13.9. The van der Waals surface area contributed by atoms with Gasteiger partial charge in [0.2, 0.25) is 0 Å². The standard InChI is InChI=1S/C16H12BrFN2O/c1-10(17)15-19-14-5-3-2-4-13(14)16(21)20(15)12-8-6-11(18)7-9-12/h2-10H,1H3. The fraction of sp³-hybridized carbons (Fsp3) is 0.125. The Morgan fingerprint density at radius 2 is 1.81 bits per heavy atom. The maximum atomic E-state index is 13.1. The van der Waals surface area contributed by atoms with E-state index in [0.717, 1.165) is 0 Å². The Bertz CT molecular complexity index is 856. The lowest BCUT2D eigenvalue weighted by Crippen LogP contribution is -2.24. The topological polar surface area (TPSA) is 34.9 Å². The van der Waals surface area contributed by atoms with Gasteiger partial charge >= 0.3 is 0 Å². The lowest BCUT2D eigenvalue weighted by atomic mass is 10.2. The van der Waals surface area contributed by atoms with Crippen LogP contribution in [0, 0.1) is 5.82 Å². The molecule has 21 heavy (non-hydrogen) atoms. The van der Waals surface area contributed by atoms with E-state index in [9.17, 15) is 9.18 Å². The van der Waals surface area contributed by atoms with Crippen molar-refractivity contribution in [2.24, 2.45) is 0 Å². The molecule has 5 heteroatoms. The second-order valence-electron chi connectivity index (χ2n) is 4.72. The number of nitrogens with zero attached hydrogens (tertiary/aromatic N) is 2. The molecule has 0 spiro atoms. The van der Waals surface area contributed by atoms with Crippen LogP contribution in [0.25, 0.3) is 16.6 Å². The maximum Gasteiger partial charge on any atom is 0.265 e. The molecule has 0 saturated carbocycles. The van der Waals surface area contributed by atoms with E-state index in [4.69, 9.17) is 0 Å². The van der Waals surface area contributed by atoms with Crippen molar-refractivity contribution < 1.29 is 4.39 Å². The fourth-order valence-electron chi connectivity index (χ4n) is 2.26. The van der Waals surface area contributed by atoms with Gasteiger partial charge in [0.05, 0.1) is 21.4 Å². The number of fused-ring (bicyclic) bond motifs is 1. The molecular formula is C16H12BrFN2O. The molecule has 0 N–H and O–H groups in total. The molecule has 0 radical (unpaired) electrons. The summed E-state index contributed by atoms with van der Waals surface area (Å²) in [5, 5.41) is 0.540. The zero-order chi connectivity index (χ0) is 15.0. The van der Waals surface area contributed by atoms with E-state index in [1.807, 2.05) is 19.1 Å². The molecule has 0 saturated heterocycles. The van der Waals surface area contributed by atoms with Gasteiger partial charge in [-0.05, 0) is 43.3 Å². The fourth-order valence-corrected chi connectivity index (χ4v) is 2.56. The number of halogens is 2. The van der Waals surface area contributed by atoms with Crippen LogP contribution < -0.4 is 5.56 Å². The molecule has 0 amide bonds.